The molecule has 0 radical (unpaired) electrons. The monoisotopic (exact) mass is 322 g/mol. The molecule has 2 heterocycles. The zero-order chi connectivity index (χ0) is 16.5. The minimum absolute atomic E-state index is 0.0301. The van der Waals surface area contributed by atoms with E-state index in [9.17, 15) is 8.42 Å². The highest BCUT2D eigenvalue weighted by molar-refractivity contribution is 7.92. The fourth-order valence-corrected chi connectivity index (χ4v) is 3.63. The van der Waals surface area contributed by atoms with Gasteiger partial charge in [-0.15, -0.1) is 0 Å². The van der Waals surface area contributed by atoms with Crippen molar-refractivity contribution in [2.24, 2.45) is 12.5 Å². The molecule has 0 amide bonds. The Bertz CT molecular complexity index is 760. The molecule has 0 bridgehead atoms. The van der Waals surface area contributed by atoms with Gasteiger partial charge >= 0.3 is 0 Å². The largest absolute Gasteiger partial charge is 0.284 e. The Balaban J connectivity index is 2.53. The summed E-state index contributed by atoms with van der Waals surface area (Å²) in [6.45, 7) is 8.13. The maximum Gasteiger partial charge on any atom is 0.284 e. The lowest BCUT2D eigenvalue weighted by Gasteiger charge is -2.29. The number of pyridine rings is 1. The van der Waals surface area contributed by atoms with Gasteiger partial charge in [0, 0.05) is 25.5 Å². The average Bonchev–Trinajstić information content (AvgIpc) is 2.82. The number of hydrogen-bond acceptors (Lipinski definition) is 4. The van der Waals surface area contributed by atoms with E-state index in [0.29, 0.717) is 12.4 Å². The molecule has 0 N–H and O–H groups in total. The minimum Gasteiger partial charge on any atom is -0.274 e. The molecule has 0 saturated heterocycles. The molecule has 0 aliphatic carbocycles. The summed E-state index contributed by atoms with van der Waals surface area (Å²) < 4.78 is 28.7. The van der Waals surface area contributed by atoms with Crippen LogP contribution in [0.4, 0.5) is 5.82 Å². The van der Waals surface area contributed by atoms with Gasteiger partial charge in [0.05, 0.1) is 0 Å². The summed E-state index contributed by atoms with van der Waals surface area (Å²) in [6.07, 6.45) is 1.62. The van der Waals surface area contributed by atoms with E-state index in [1.807, 2.05) is 33.8 Å². The Morgan fingerprint density at radius 1 is 1.23 bits per heavy atom. The molecule has 120 valence electrons. The van der Waals surface area contributed by atoms with Gasteiger partial charge < -0.3 is 0 Å². The summed E-state index contributed by atoms with van der Waals surface area (Å²) in [6, 6.07) is 6.85. The molecule has 0 fully saturated rings. The maximum absolute atomic E-state index is 12.9. The molecule has 22 heavy (non-hydrogen) atoms. The molecule has 0 saturated carbocycles. The summed E-state index contributed by atoms with van der Waals surface area (Å²) in [5.74, 6) is 0.417. The molecule has 0 unspecified atom stereocenters. The normalized spacial score (nSPS) is 12.4. The zero-order valence-corrected chi connectivity index (χ0v) is 14.4. The first kappa shape index (κ1) is 16.5. The minimum atomic E-state index is -3.74. The van der Waals surface area contributed by atoms with Crippen LogP contribution in [0.5, 0.6) is 0 Å². The van der Waals surface area contributed by atoms with Crippen LogP contribution < -0.4 is 4.31 Å². The van der Waals surface area contributed by atoms with Crippen LogP contribution in [0.25, 0.3) is 0 Å². The molecule has 7 heteroatoms. The summed E-state index contributed by atoms with van der Waals surface area (Å²) in [5.41, 5.74) is 0.556. The van der Waals surface area contributed by atoms with E-state index in [-0.39, 0.29) is 10.4 Å². The lowest BCUT2D eigenvalue weighted by atomic mass is 9.97. The highest BCUT2D eigenvalue weighted by Crippen LogP contribution is 2.26. The molecule has 2 aromatic heterocycles. The Kier molecular flexibility index (Phi) is 4.28. The molecule has 6 nitrogen and oxygen atoms in total. The highest BCUT2D eigenvalue weighted by atomic mass is 32.2. The molecule has 0 atom stereocenters. The van der Waals surface area contributed by atoms with Gasteiger partial charge in [0.1, 0.15) is 5.82 Å². The third kappa shape index (κ3) is 3.65. The zero-order valence-electron chi connectivity index (χ0n) is 13.6. The molecule has 0 spiro atoms. The molecular formula is C15H22N4O2S. The van der Waals surface area contributed by atoms with Gasteiger partial charge in [0.15, 0.2) is 5.03 Å². The van der Waals surface area contributed by atoms with E-state index in [1.54, 1.807) is 25.4 Å². The van der Waals surface area contributed by atoms with E-state index in [4.69, 9.17) is 0 Å². The Morgan fingerprint density at radius 2 is 1.91 bits per heavy atom. The number of nitrogens with zero attached hydrogens (tertiary/aromatic N) is 4. The fraction of sp³-hybridized carbons (Fsp3) is 0.467. The highest BCUT2D eigenvalue weighted by Gasteiger charge is 2.31. The topological polar surface area (TPSA) is 68.1 Å². The Hall–Kier alpha value is -1.89. The molecular weight excluding hydrogens is 300 g/mol. The van der Waals surface area contributed by atoms with Crippen molar-refractivity contribution in [3.05, 3.63) is 36.2 Å². The number of hydrogen-bond donors (Lipinski definition) is 0. The first-order chi connectivity index (χ1) is 10.1. The second-order valence-corrected chi connectivity index (χ2v) is 8.35. The van der Waals surface area contributed by atoms with Crippen molar-refractivity contribution < 1.29 is 8.42 Å². The van der Waals surface area contributed by atoms with E-state index >= 15 is 0 Å². The van der Waals surface area contributed by atoms with Gasteiger partial charge in [0.25, 0.3) is 10.0 Å². The van der Waals surface area contributed by atoms with Crippen LogP contribution in [0.1, 0.15) is 26.5 Å². The standard InChI is InChI=1S/C15H22N4O2S/c1-12-7-6-8-13(16-12)19(11-15(2,3)4)22(20,21)14-9-10-18(5)17-14/h6-10H,11H2,1-5H3. The van der Waals surface area contributed by atoms with Gasteiger partial charge in [-0.05, 0) is 30.5 Å². The number of rotatable bonds is 4. The van der Waals surface area contributed by atoms with Crippen molar-refractivity contribution in [1.82, 2.24) is 14.8 Å². The van der Waals surface area contributed by atoms with Gasteiger partial charge in [-0.3, -0.25) is 4.68 Å². The van der Waals surface area contributed by atoms with Crippen molar-refractivity contribution >= 4 is 15.8 Å². The predicted octanol–water partition coefficient (Wildman–Crippen LogP) is 2.36. The summed E-state index contributed by atoms with van der Waals surface area (Å²) in [7, 11) is -2.05. The van der Waals surface area contributed by atoms with Crippen molar-refractivity contribution in [2.45, 2.75) is 32.7 Å². The Morgan fingerprint density at radius 3 is 2.41 bits per heavy atom. The average molecular weight is 322 g/mol. The van der Waals surface area contributed by atoms with Crippen LogP contribution in [0.15, 0.2) is 35.5 Å². The molecule has 0 aliphatic heterocycles. The second kappa shape index (κ2) is 5.72. The van der Waals surface area contributed by atoms with Crippen molar-refractivity contribution in [1.29, 1.82) is 0 Å². The molecule has 0 aliphatic rings. The fourth-order valence-electron chi connectivity index (χ4n) is 2.03. The van der Waals surface area contributed by atoms with E-state index in [1.165, 1.54) is 15.1 Å². The molecule has 2 rings (SSSR count). The number of anilines is 1. The smallest absolute Gasteiger partial charge is 0.274 e. The van der Waals surface area contributed by atoms with Gasteiger partial charge in [0.2, 0.25) is 0 Å². The van der Waals surface area contributed by atoms with Gasteiger partial charge in [-0.25, -0.2) is 9.29 Å². The van der Waals surface area contributed by atoms with E-state index in [2.05, 4.69) is 10.1 Å². The van der Waals surface area contributed by atoms with Gasteiger partial charge in [-0.1, -0.05) is 26.8 Å². The van der Waals surface area contributed by atoms with E-state index < -0.39 is 10.0 Å². The first-order valence-corrected chi connectivity index (χ1v) is 8.50. The van der Waals surface area contributed by atoms with Crippen LogP contribution in [-0.2, 0) is 17.1 Å². The van der Waals surface area contributed by atoms with Crippen molar-refractivity contribution in [2.75, 3.05) is 10.8 Å². The van der Waals surface area contributed by atoms with Crippen LogP contribution in [0.3, 0.4) is 0 Å². The summed E-state index contributed by atoms with van der Waals surface area (Å²) in [5, 5.41) is 4.07. The van der Waals surface area contributed by atoms with Crippen LogP contribution >= 0.6 is 0 Å². The first-order valence-electron chi connectivity index (χ1n) is 7.06. The number of sulfonamides is 1. The van der Waals surface area contributed by atoms with Crippen molar-refractivity contribution in [3.63, 3.8) is 0 Å². The lowest BCUT2D eigenvalue weighted by molar-refractivity contribution is 0.424. The second-order valence-electron chi connectivity index (χ2n) is 6.54. The van der Waals surface area contributed by atoms with Crippen LogP contribution in [-0.4, -0.2) is 29.7 Å². The third-order valence-electron chi connectivity index (χ3n) is 2.99. The number of aromatic nitrogens is 3. The quantitative estimate of drug-likeness (QED) is 0.866. The predicted molar refractivity (Wildman–Crippen MR) is 86.2 cm³/mol. The summed E-state index contributed by atoms with van der Waals surface area (Å²) >= 11 is 0. The summed E-state index contributed by atoms with van der Waals surface area (Å²) in [4.78, 5) is 4.37. The van der Waals surface area contributed by atoms with Gasteiger partial charge in [-0.2, -0.15) is 13.5 Å². The third-order valence-corrected chi connectivity index (χ3v) is 4.63. The van der Waals surface area contributed by atoms with E-state index in [0.717, 1.165) is 5.69 Å². The van der Waals surface area contributed by atoms with Crippen LogP contribution in [0, 0.1) is 12.3 Å². The maximum atomic E-state index is 12.9. The Labute approximate surface area is 131 Å². The number of aryl methyl sites for hydroxylation is 2. The van der Waals surface area contributed by atoms with Crippen LogP contribution in [0.2, 0.25) is 0 Å². The SMILES string of the molecule is Cc1cccc(N(CC(C)(C)C)S(=O)(=O)c2ccn(C)n2)n1. The van der Waals surface area contributed by atoms with Crippen molar-refractivity contribution in [3.8, 4) is 0 Å². The lowest BCUT2D eigenvalue weighted by Crippen LogP contribution is -2.38. The molecule has 0 aromatic carbocycles. The molecule has 2 aromatic rings.